The fraction of sp³-hybridized carbons (Fsp3) is 0.158. The van der Waals surface area contributed by atoms with Crippen LogP contribution in [0.25, 0.3) is 10.9 Å². The Labute approximate surface area is 139 Å². The molecule has 1 aromatic heterocycles. The van der Waals surface area contributed by atoms with Gasteiger partial charge in [0.05, 0.1) is 0 Å². The molecule has 2 heterocycles. The van der Waals surface area contributed by atoms with Gasteiger partial charge in [-0.3, -0.25) is 9.59 Å². The minimum Gasteiger partial charge on any atom is -0.361 e. The Bertz CT molecular complexity index is 958. The zero-order valence-electron chi connectivity index (χ0n) is 13.3. The van der Waals surface area contributed by atoms with Gasteiger partial charge >= 0.3 is 0 Å². The highest BCUT2D eigenvalue weighted by Gasteiger charge is 2.21. The zero-order chi connectivity index (χ0) is 16.7. The Morgan fingerprint density at radius 3 is 2.88 bits per heavy atom. The minimum absolute atomic E-state index is 0.124. The number of aromatic amines is 1. The Morgan fingerprint density at radius 2 is 2.00 bits per heavy atom. The van der Waals surface area contributed by atoms with Gasteiger partial charge in [0.15, 0.2) is 0 Å². The number of aromatic nitrogens is 1. The first-order valence-electron chi connectivity index (χ1n) is 7.90. The molecule has 0 radical (unpaired) electrons. The summed E-state index contributed by atoms with van der Waals surface area (Å²) in [6, 6.07) is 13.2. The summed E-state index contributed by atoms with van der Waals surface area (Å²) in [4.78, 5) is 29.0. The highest BCUT2D eigenvalue weighted by atomic mass is 16.2. The normalized spacial score (nSPS) is 13.9. The molecule has 1 aliphatic heterocycles. The predicted molar refractivity (Wildman–Crippen MR) is 94.4 cm³/mol. The number of hydrogen-bond donors (Lipinski definition) is 2. The van der Waals surface area contributed by atoms with E-state index >= 15 is 0 Å². The number of benzene rings is 2. The summed E-state index contributed by atoms with van der Waals surface area (Å²) < 4.78 is 0. The van der Waals surface area contributed by atoms with E-state index in [0.717, 1.165) is 27.8 Å². The first kappa shape index (κ1) is 14.5. The lowest BCUT2D eigenvalue weighted by Crippen LogP contribution is -2.31. The van der Waals surface area contributed by atoms with Gasteiger partial charge in [0.2, 0.25) is 5.91 Å². The van der Waals surface area contributed by atoms with Crippen LogP contribution in [0.2, 0.25) is 0 Å². The van der Waals surface area contributed by atoms with Crippen molar-refractivity contribution in [2.24, 2.45) is 0 Å². The van der Waals surface area contributed by atoms with Crippen molar-refractivity contribution in [1.29, 1.82) is 0 Å². The van der Waals surface area contributed by atoms with Crippen LogP contribution in [0.5, 0.6) is 0 Å². The molecule has 2 N–H and O–H groups in total. The molecule has 0 atom stereocenters. The van der Waals surface area contributed by atoms with Crippen LogP contribution in [0.4, 0.5) is 11.4 Å². The van der Waals surface area contributed by atoms with Gasteiger partial charge in [-0.25, -0.2) is 0 Å². The maximum Gasteiger partial charge on any atom is 0.255 e. The van der Waals surface area contributed by atoms with Crippen molar-refractivity contribution in [3.8, 4) is 0 Å². The average molecular weight is 319 g/mol. The van der Waals surface area contributed by atoms with Crippen LogP contribution in [-0.2, 0) is 11.2 Å². The SMILES string of the molecule is CN1C(=O)CCc2cc(NC(=O)c3ccc4cc[nH]c4c3)ccc21. The first-order valence-corrected chi connectivity index (χ1v) is 7.90. The standard InChI is InChI=1S/C19H17N3O2/c1-22-17-6-5-15(10-13(17)4-7-18(22)23)21-19(24)14-3-2-12-8-9-20-16(12)11-14/h2-3,5-6,8-11,20H,4,7H2,1H3,(H,21,24). The molecule has 120 valence electrons. The summed E-state index contributed by atoms with van der Waals surface area (Å²) in [6.45, 7) is 0. The van der Waals surface area contributed by atoms with Gasteiger partial charge in [0.25, 0.3) is 5.91 Å². The summed E-state index contributed by atoms with van der Waals surface area (Å²) in [5, 5.41) is 4.01. The lowest BCUT2D eigenvalue weighted by molar-refractivity contribution is -0.118. The van der Waals surface area contributed by atoms with E-state index < -0.39 is 0 Å². The van der Waals surface area contributed by atoms with Crippen LogP contribution in [0, 0.1) is 0 Å². The molecule has 5 nitrogen and oxygen atoms in total. The van der Waals surface area contributed by atoms with Crippen molar-refractivity contribution in [3.05, 3.63) is 59.8 Å². The molecule has 0 spiro atoms. The van der Waals surface area contributed by atoms with Crippen LogP contribution in [0.15, 0.2) is 48.7 Å². The summed E-state index contributed by atoms with van der Waals surface area (Å²) in [7, 11) is 1.78. The van der Waals surface area contributed by atoms with Crippen LogP contribution in [-0.4, -0.2) is 23.8 Å². The second-order valence-corrected chi connectivity index (χ2v) is 6.03. The number of aryl methyl sites for hydroxylation is 1. The number of amides is 2. The first-order chi connectivity index (χ1) is 11.6. The number of rotatable bonds is 2. The monoisotopic (exact) mass is 319 g/mol. The third-order valence-electron chi connectivity index (χ3n) is 4.50. The maximum absolute atomic E-state index is 12.5. The molecule has 2 aromatic carbocycles. The molecule has 1 aliphatic rings. The number of nitrogens with zero attached hydrogens (tertiary/aromatic N) is 1. The molecule has 24 heavy (non-hydrogen) atoms. The molecule has 0 saturated carbocycles. The largest absolute Gasteiger partial charge is 0.361 e. The van der Waals surface area contributed by atoms with Crippen molar-refractivity contribution in [2.45, 2.75) is 12.8 Å². The van der Waals surface area contributed by atoms with E-state index in [1.54, 1.807) is 11.9 Å². The lowest BCUT2D eigenvalue weighted by Gasteiger charge is -2.26. The predicted octanol–water partition coefficient (Wildman–Crippen LogP) is 3.33. The minimum atomic E-state index is -0.147. The number of fused-ring (bicyclic) bond motifs is 2. The van der Waals surface area contributed by atoms with E-state index in [4.69, 9.17) is 0 Å². The highest BCUT2D eigenvalue weighted by Crippen LogP contribution is 2.29. The molecular formula is C19H17N3O2. The Hall–Kier alpha value is -3.08. The van der Waals surface area contributed by atoms with E-state index in [1.807, 2.05) is 48.7 Å². The van der Waals surface area contributed by atoms with Gasteiger partial charge in [0, 0.05) is 42.1 Å². The zero-order valence-corrected chi connectivity index (χ0v) is 13.3. The van der Waals surface area contributed by atoms with Gasteiger partial charge in [-0.1, -0.05) is 6.07 Å². The molecule has 0 unspecified atom stereocenters. The Morgan fingerprint density at radius 1 is 1.12 bits per heavy atom. The fourth-order valence-electron chi connectivity index (χ4n) is 3.13. The van der Waals surface area contributed by atoms with Crippen molar-refractivity contribution < 1.29 is 9.59 Å². The summed E-state index contributed by atoms with van der Waals surface area (Å²) in [5.41, 5.74) is 4.28. The van der Waals surface area contributed by atoms with Crippen molar-refractivity contribution in [2.75, 3.05) is 17.3 Å². The molecule has 0 bridgehead atoms. The number of hydrogen-bond acceptors (Lipinski definition) is 2. The van der Waals surface area contributed by atoms with Crippen LogP contribution < -0.4 is 10.2 Å². The lowest BCUT2D eigenvalue weighted by atomic mass is 10.0. The number of nitrogens with one attached hydrogen (secondary N) is 2. The second kappa shape index (κ2) is 5.53. The van der Waals surface area contributed by atoms with E-state index in [9.17, 15) is 9.59 Å². The van der Waals surface area contributed by atoms with Gasteiger partial charge in [-0.05, 0) is 53.8 Å². The number of carbonyl (C=O) groups excluding carboxylic acids is 2. The summed E-state index contributed by atoms with van der Waals surface area (Å²) >= 11 is 0. The quantitative estimate of drug-likeness (QED) is 0.761. The molecule has 0 aliphatic carbocycles. The number of carbonyl (C=O) groups is 2. The average Bonchev–Trinajstić information content (AvgIpc) is 3.06. The third kappa shape index (κ3) is 2.44. The Kier molecular flexibility index (Phi) is 3.34. The van der Waals surface area contributed by atoms with E-state index in [-0.39, 0.29) is 11.8 Å². The van der Waals surface area contributed by atoms with Crippen LogP contribution in [0.3, 0.4) is 0 Å². The topological polar surface area (TPSA) is 65.2 Å². The molecule has 5 heteroatoms. The van der Waals surface area contributed by atoms with E-state index in [2.05, 4.69) is 10.3 Å². The van der Waals surface area contributed by atoms with Gasteiger partial charge in [-0.2, -0.15) is 0 Å². The second-order valence-electron chi connectivity index (χ2n) is 6.03. The van der Waals surface area contributed by atoms with E-state index in [0.29, 0.717) is 18.4 Å². The molecular weight excluding hydrogens is 302 g/mol. The highest BCUT2D eigenvalue weighted by molar-refractivity contribution is 6.06. The van der Waals surface area contributed by atoms with Crippen LogP contribution in [0.1, 0.15) is 22.3 Å². The van der Waals surface area contributed by atoms with Crippen LogP contribution >= 0.6 is 0 Å². The molecule has 0 saturated heterocycles. The molecule has 2 amide bonds. The van der Waals surface area contributed by atoms with Gasteiger partial charge in [-0.15, -0.1) is 0 Å². The maximum atomic E-state index is 12.5. The fourth-order valence-corrected chi connectivity index (χ4v) is 3.13. The van der Waals surface area contributed by atoms with E-state index in [1.165, 1.54) is 0 Å². The Balaban J connectivity index is 1.58. The number of H-pyrrole nitrogens is 1. The number of anilines is 2. The summed E-state index contributed by atoms with van der Waals surface area (Å²) in [6.07, 6.45) is 3.06. The molecule has 0 fully saturated rings. The van der Waals surface area contributed by atoms with Gasteiger partial charge < -0.3 is 15.2 Å². The summed E-state index contributed by atoms with van der Waals surface area (Å²) in [5.74, 6) is -0.0229. The molecule has 3 aromatic rings. The smallest absolute Gasteiger partial charge is 0.255 e. The van der Waals surface area contributed by atoms with Crippen molar-refractivity contribution in [1.82, 2.24) is 4.98 Å². The van der Waals surface area contributed by atoms with Gasteiger partial charge in [0.1, 0.15) is 0 Å². The third-order valence-corrected chi connectivity index (χ3v) is 4.50. The molecule has 4 rings (SSSR count). The van der Waals surface area contributed by atoms with Crippen molar-refractivity contribution in [3.63, 3.8) is 0 Å². The van der Waals surface area contributed by atoms with Crippen molar-refractivity contribution >= 4 is 34.1 Å².